The van der Waals surface area contributed by atoms with Gasteiger partial charge in [-0.05, 0) is 58.8 Å². The van der Waals surface area contributed by atoms with Crippen molar-refractivity contribution in [2.24, 2.45) is 0 Å². The van der Waals surface area contributed by atoms with Crippen LogP contribution in [0.1, 0.15) is 74.5 Å². The van der Waals surface area contributed by atoms with E-state index in [1.54, 1.807) is 0 Å². The second kappa shape index (κ2) is 7.71. The zero-order valence-corrected chi connectivity index (χ0v) is 17.0. The first-order chi connectivity index (χ1) is 14.2. The van der Waals surface area contributed by atoms with Crippen LogP contribution in [0, 0.1) is 0 Å². The first-order valence-electron chi connectivity index (χ1n) is 11.0. The van der Waals surface area contributed by atoms with Gasteiger partial charge < -0.3 is 9.88 Å². The fourth-order valence-corrected chi connectivity index (χ4v) is 5.17. The third-order valence-corrected chi connectivity index (χ3v) is 6.76. The summed E-state index contributed by atoms with van der Waals surface area (Å²) in [6.45, 7) is 4.25. The highest BCUT2D eigenvalue weighted by Gasteiger charge is 2.37. The molecule has 0 bridgehead atoms. The van der Waals surface area contributed by atoms with E-state index >= 15 is 0 Å². The highest BCUT2D eigenvalue weighted by Crippen LogP contribution is 2.31. The molecule has 1 saturated heterocycles. The third-order valence-electron chi connectivity index (χ3n) is 6.76. The largest absolute Gasteiger partial charge is 0.322 e. The maximum absolute atomic E-state index is 13.2. The van der Waals surface area contributed by atoms with Gasteiger partial charge in [0.1, 0.15) is 0 Å². The van der Waals surface area contributed by atoms with Crippen LogP contribution in [-0.2, 0) is 6.42 Å². The number of fused-ring (bicyclic) bond motifs is 1. The average Bonchev–Trinajstić information content (AvgIpc) is 3.50. The summed E-state index contributed by atoms with van der Waals surface area (Å²) < 4.78 is 2.02. The van der Waals surface area contributed by atoms with Gasteiger partial charge in [-0.25, -0.2) is 4.68 Å². The molecule has 5 rings (SSSR count). The molecule has 2 aromatic heterocycles. The lowest BCUT2D eigenvalue weighted by molar-refractivity contribution is -0.914. The Morgan fingerprint density at radius 3 is 2.72 bits per heavy atom. The number of aryl methyl sites for hydroxylation is 1. The number of rotatable bonds is 5. The van der Waals surface area contributed by atoms with Crippen LogP contribution in [0.5, 0.6) is 0 Å². The Morgan fingerprint density at radius 1 is 1.17 bits per heavy atom. The molecule has 1 aliphatic heterocycles. The molecule has 1 aromatic carbocycles. The van der Waals surface area contributed by atoms with Crippen LogP contribution in [0.3, 0.4) is 0 Å². The zero-order valence-electron chi connectivity index (χ0n) is 17.0. The molecular formula is C22H29N6O+. The number of H-pyrrole nitrogens is 1. The normalized spacial score (nSPS) is 19.3. The van der Waals surface area contributed by atoms with Crippen LogP contribution in [0.15, 0.2) is 29.1 Å². The predicted octanol–water partition coefficient (Wildman–Crippen LogP) is 1.96. The molecule has 1 aliphatic carbocycles. The van der Waals surface area contributed by atoms with Gasteiger partial charge in [-0.1, -0.05) is 25.8 Å². The summed E-state index contributed by atoms with van der Waals surface area (Å²) in [5.74, 6) is 0.852. The molecule has 29 heavy (non-hydrogen) atoms. The van der Waals surface area contributed by atoms with Crippen molar-refractivity contribution in [1.82, 2.24) is 25.2 Å². The average molecular weight is 394 g/mol. The van der Waals surface area contributed by atoms with Crippen molar-refractivity contribution in [2.45, 2.75) is 64.0 Å². The minimum Gasteiger partial charge on any atom is -0.322 e. The third kappa shape index (κ3) is 3.37. The smallest absolute Gasteiger partial charge is 0.258 e. The number of pyridine rings is 1. The molecule has 152 valence electrons. The second-order valence-corrected chi connectivity index (χ2v) is 8.55. The van der Waals surface area contributed by atoms with Crippen molar-refractivity contribution in [3.8, 4) is 0 Å². The summed E-state index contributed by atoms with van der Waals surface area (Å²) in [6.07, 6.45) is 8.03. The van der Waals surface area contributed by atoms with Crippen molar-refractivity contribution in [3.05, 3.63) is 51.6 Å². The Labute approximate surface area is 170 Å². The molecule has 3 heterocycles. The molecule has 0 spiro atoms. The van der Waals surface area contributed by atoms with E-state index in [2.05, 4.69) is 45.6 Å². The van der Waals surface area contributed by atoms with E-state index in [1.807, 2.05) is 10.7 Å². The Balaban J connectivity index is 1.65. The number of nitrogens with one attached hydrogen (secondary N) is 2. The van der Waals surface area contributed by atoms with E-state index in [1.165, 1.54) is 36.1 Å². The Hall–Kier alpha value is -2.54. The highest BCUT2D eigenvalue weighted by atomic mass is 16.1. The molecule has 0 unspecified atom stereocenters. The number of hydrogen-bond acceptors (Lipinski definition) is 4. The minimum atomic E-state index is -0.119. The van der Waals surface area contributed by atoms with Crippen molar-refractivity contribution < 1.29 is 4.90 Å². The lowest BCUT2D eigenvalue weighted by Crippen LogP contribution is -3.10. The van der Waals surface area contributed by atoms with Gasteiger partial charge in [0.15, 0.2) is 6.04 Å². The first-order valence-corrected chi connectivity index (χ1v) is 11.0. The molecular weight excluding hydrogens is 364 g/mol. The van der Waals surface area contributed by atoms with Gasteiger partial charge in [0.2, 0.25) is 5.82 Å². The number of nitrogens with zero attached hydrogens (tertiary/aromatic N) is 4. The van der Waals surface area contributed by atoms with Gasteiger partial charge in [-0.15, -0.1) is 5.10 Å². The van der Waals surface area contributed by atoms with Crippen molar-refractivity contribution in [3.63, 3.8) is 0 Å². The van der Waals surface area contributed by atoms with E-state index in [0.29, 0.717) is 6.04 Å². The number of likely N-dealkylation sites (tertiary alicyclic amines) is 1. The number of tetrazole rings is 1. The van der Waals surface area contributed by atoms with Crippen LogP contribution in [0.4, 0.5) is 0 Å². The number of benzene rings is 1. The SMILES string of the molecule is CCc1ccc2[nH]c(=O)c([C@H](c3nnnn3C3CCCC3)[NH+]3CCCC3)cc2c1. The lowest BCUT2D eigenvalue weighted by Gasteiger charge is -2.25. The molecule has 0 amide bonds. The van der Waals surface area contributed by atoms with Crippen LogP contribution in [-0.4, -0.2) is 38.3 Å². The topological polar surface area (TPSA) is 80.9 Å². The van der Waals surface area contributed by atoms with Gasteiger partial charge in [-0.3, -0.25) is 4.79 Å². The molecule has 2 aliphatic rings. The minimum absolute atomic E-state index is 0.0212. The van der Waals surface area contributed by atoms with Crippen molar-refractivity contribution in [2.75, 3.05) is 13.1 Å². The fraction of sp³-hybridized carbons (Fsp3) is 0.545. The molecule has 1 saturated carbocycles. The Bertz CT molecular complexity index is 1060. The molecule has 2 N–H and O–H groups in total. The molecule has 0 radical (unpaired) electrons. The van der Waals surface area contributed by atoms with Crippen LogP contribution >= 0.6 is 0 Å². The van der Waals surface area contributed by atoms with E-state index in [4.69, 9.17) is 0 Å². The van der Waals surface area contributed by atoms with Gasteiger partial charge in [0.05, 0.1) is 24.7 Å². The van der Waals surface area contributed by atoms with Crippen LogP contribution in [0.25, 0.3) is 10.9 Å². The molecule has 1 atom stereocenters. The monoisotopic (exact) mass is 393 g/mol. The van der Waals surface area contributed by atoms with Gasteiger partial charge >= 0.3 is 0 Å². The second-order valence-electron chi connectivity index (χ2n) is 8.55. The lowest BCUT2D eigenvalue weighted by atomic mass is 10.0. The maximum atomic E-state index is 13.2. The summed E-state index contributed by atoms with van der Waals surface area (Å²) in [7, 11) is 0. The highest BCUT2D eigenvalue weighted by molar-refractivity contribution is 5.79. The van der Waals surface area contributed by atoms with Crippen LogP contribution in [0.2, 0.25) is 0 Å². The maximum Gasteiger partial charge on any atom is 0.258 e. The Morgan fingerprint density at radius 2 is 1.97 bits per heavy atom. The molecule has 3 aromatic rings. The Kier molecular flexibility index (Phi) is 4.91. The van der Waals surface area contributed by atoms with E-state index in [0.717, 1.165) is 54.6 Å². The number of aromatic nitrogens is 5. The zero-order chi connectivity index (χ0) is 19.8. The quantitative estimate of drug-likeness (QED) is 0.694. The van der Waals surface area contributed by atoms with Crippen molar-refractivity contribution in [1.29, 1.82) is 0 Å². The van der Waals surface area contributed by atoms with Gasteiger partial charge in [-0.2, -0.15) is 0 Å². The van der Waals surface area contributed by atoms with Crippen molar-refractivity contribution >= 4 is 10.9 Å². The van der Waals surface area contributed by atoms with Crippen LogP contribution < -0.4 is 10.5 Å². The summed E-state index contributed by atoms with van der Waals surface area (Å²) >= 11 is 0. The van der Waals surface area contributed by atoms with Gasteiger partial charge in [0.25, 0.3) is 5.56 Å². The summed E-state index contributed by atoms with van der Waals surface area (Å²) in [6, 6.07) is 8.60. The molecule has 7 nitrogen and oxygen atoms in total. The van der Waals surface area contributed by atoms with E-state index in [-0.39, 0.29) is 11.6 Å². The van der Waals surface area contributed by atoms with E-state index < -0.39 is 0 Å². The first kappa shape index (κ1) is 18.5. The van der Waals surface area contributed by atoms with E-state index in [9.17, 15) is 4.79 Å². The predicted molar refractivity (Wildman–Crippen MR) is 111 cm³/mol. The number of quaternary nitrogens is 1. The number of hydrogen-bond donors (Lipinski definition) is 2. The molecule has 2 fully saturated rings. The summed E-state index contributed by atoms with van der Waals surface area (Å²) in [5.41, 5.74) is 2.93. The number of aromatic amines is 1. The summed E-state index contributed by atoms with van der Waals surface area (Å²) in [4.78, 5) is 17.7. The van der Waals surface area contributed by atoms with Gasteiger partial charge in [0, 0.05) is 18.4 Å². The fourth-order valence-electron chi connectivity index (χ4n) is 5.17. The summed E-state index contributed by atoms with van der Waals surface area (Å²) in [5, 5.41) is 14.0. The molecule has 7 heteroatoms. The standard InChI is InChI=1S/C22H28N6O/c1-2-15-9-10-19-16(13-15)14-18(22(29)23-19)20(27-11-5-6-12-27)21-24-25-26-28(21)17-7-3-4-8-17/h9-10,13-14,17,20H,2-8,11-12H2,1H3,(H,23,29)/p+1/t20-/m1/s1.